The van der Waals surface area contributed by atoms with Crippen molar-refractivity contribution in [3.05, 3.63) is 17.8 Å². The summed E-state index contributed by atoms with van der Waals surface area (Å²) in [7, 11) is 0. The zero-order valence-electron chi connectivity index (χ0n) is 11.5. The largest absolute Gasteiger partial charge is 0.488 e. The van der Waals surface area contributed by atoms with E-state index in [4.69, 9.17) is 4.74 Å². The third-order valence-corrected chi connectivity index (χ3v) is 4.29. The number of pyridine rings is 1. The fourth-order valence-electron chi connectivity index (χ4n) is 3.05. The Morgan fingerprint density at radius 3 is 2.86 bits per heavy atom. The highest BCUT2D eigenvalue weighted by Crippen LogP contribution is 2.41. The molecule has 21 heavy (non-hydrogen) atoms. The first-order chi connectivity index (χ1) is 9.90. The maximum atomic E-state index is 14.1. The van der Waals surface area contributed by atoms with E-state index in [1.165, 1.54) is 0 Å². The number of piperidine rings is 1. The van der Waals surface area contributed by atoms with E-state index in [1.807, 2.05) is 6.92 Å². The van der Waals surface area contributed by atoms with Crippen molar-refractivity contribution < 1.29 is 22.3 Å². The second-order valence-corrected chi connectivity index (χ2v) is 5.58. The molecule has 1 aromatic rings. The fraction of sp³-hybridized carbons (Fsp3) is 0.643. The van der Waals surface area contributed by atoms with Gasteiger partial charge in [-0.05, 0) is 18.4 Å². The predicted octanol–water partition coefficient (Wildman–Crippen LogP) is 3.44. The van der Waals surface area contributed by atoms with E-state index < -0.39 is 17.9 Å². The number of alkyl halides is 4. The molecule has 7 heteroatoms. The zero-order valence-corrected chi connectivity index (χ0v) is 11.5. The molecule has 3 rings (SSSR count). The first-order valence-electron chi connectivity index (χ1n) is 7.01. The number of ether oxygens (including phenoxy) is 1. The van der Waals surface area contributed by atoms with Crippen molar-refractivity contribution in [2.75, 3.05) is 18.1 Å². The molecule has 0 bridgehead atoms. The first-order valence-corrected chi connectivity index (χ1v) is 7.01. The van der Waals surface area contributed by atoms with Crippen molar-refractivity contribution >= 4 is 5.82 Å². The molecule has 3 unspecified atom stereocenters. The lowest BCUT2D eigenvalue weighted by Gasteiger charge is -2.44. The van der Waals surface area contributed by atoms with Crippen LogP contribution in [0.15, 0.2) is 12.3 Å². The fourth-order valence-corrected chi connectivity index (χ4v) is 3.05. The number of halogens is 4. The van der Waals surface area contributed by atoms with Crippen LogP contribution >= 0.6 is 0 Å². The molecule has 1 saturated heterocycles. The molecule has 0 aromatic carbocycles. The molecule has 2 aliphatic heterocycles. The van der Waals surface area contributed by atoms with Crippen molar-refractivity contribution in [1.29, 1.82) is 0 Å². The summed E-state index contributed by atoms with van der Waals surface area (Å²) in [6.45, 7) is 2.38. The molecular formula is C14H16F4N2O. The van der Waals surface area contributed by atoms with Crippen LogP contribution in [0.3, 0.4) is 0 Å². The highest BCUT2D eigenvalue weighted by molar-refractivity contribution is 5.56. The van der Waals surface area contributed by atoms with Gasteiger partial charge in [0.15, 0.2) is 11.6 Å². The number of nitrogens with zero attached hydrogens (tertiary/aromatic N) is 2. The third-order valence-electron chi connectivity index (χ3n) is 4.29. The van der Waals surface area contributed by atoms with Gasteiger partial charge in [-0.2, -0.15) is 13.2 Å². The minimum absolute atomic E-state index is 0.0151. The van der Waals surface area contributed by atoms with Gasteiger partial charge in [-0.15, -0.1) is 0 Å². The van der Waals surface area contributed by atoms with Gasteiger partial charge in [-0.3, -0.25) is 0 Å². The van der Waals surface area contributed by atoms with Crippen LogP contribution in [0.2, 0.25) is 0 Å². The number of hydrogen-bond acceptors (Lipinski definition) is 3. The molecule has 1 fully saturated rings. The predicted molar refractivity (Wildman–Crippen MR) is 69.2 cm³/mol. The van der Waals surface area contributed by atoms with Crippen LogP contribution in [-0.4, -0.2) is 30.3 Å². The molecule has 0 N–H and O–H groups in total. The molecule has 3 heterocycles. The van der Waals surface area contributed by atoms with E-state index in [0.29, 0.717) is 12.2 Å². The Kier molecular flexibility index (Phi) is 3.45. The average molecular weight is 304 g/mol. The van der Waals surface area contributed by atoms with Crippen molar-refractivity contribution in [1.82, 2.24) is 4.98 Å². The minimum atomic E-state index is -4.46. The minimum Gasteiger partial charge on any atom is -0.488 e. The SMILES string of the molecule is CCC1CC2COc3cc(C(F)(F)F)cnc3N2CC1F. The molecular weight excluding hydrogens is 288 g/mol. The summed E-state index contributed by atoms with van der Waals surface area (Å²) in [5, 5.41) is 0. The molecule has 116 valence electrons. The standard InChI is InChI=1S/C14H16F4N2O/c1-2-8-3-10-7-21-12-4-9(14(16,17)18)5-19-13(12)20(10)6-11(8)15/h4-5,8,10-11H,2-3,6-7H2,1H3. The summed E-state index contributed by atoms with van der Waals surface area (Å²) in [4.78, 5) is 5.62. The smallest absolute Gasteiger partial charge is 0.418 e. The number of rotatable bonds is 1. The van der Waals surface area contributed by atoms with E-state index in [1.54, 1.807) is 4.90 Å². The van der Waals surface area contributed by atoms with E-state index in [2.05, 4.69) is 4.98 Å². The zero-order chi connectivity index (χ0) is 15.2. The number of anilines is 1. The summed E-state index contributed by atoms with van der Waals surface area (Å²) in [5.41, 5.74) is -0.847. The maximum absolute atomic E-state index is 14.1. The molecule has 3 atom stereocenters. The van der Waals surface area contributed by atoms with Crippen molar-refractivity contribution in [3.8, 4) is 5.75 Å². The number of fused-ring (bicyclic) bond motifs is 3. The highest BCUT2D eigenvalue weighted by Gasteiger charge is 2.40. The van der Waals surface area contributed by atoms with Crippen LogP contribution in [0.4, 0.5) is 23.4 Å². The van der Waals surface area contributed by atoms with Crippen molar-refractivity contribution in [2.45, 2.75) is 38.2 Å². The molecule has 3 nitrogen and oxygen atoms in total. The van der Waals surface area contributed by atoms with Gasteiger partial charge in [-0.1, -0.05) is 13.3 Å². The van der Waals surface area contributed by atoms with Gasteiger partial charge >= 0.3 is 6.18 Å². The van der Waals surface area contributed by atoms with E-state index >= 15 is 0 Å². The Morgan fingerprint density at radius 2 is 2.19 bits per heavy atom. The third kappa shape index (κ3) is 2.53. The average Bonchev–Trinajstić information content (AvgIpc) is 2.45. The molecule has 1 aromatic heterocycles. The highest BCUT2D eigenvalue weighted by atomic mass is 19.4. The van der Waals surface area contributed by atoms with Gasteiger partial charge in [0.1, 0.15) is 12.8 Å². The molecule has 0 aliphatic carbocycles. The van der Waals surface area contributed by atoms with Crippen molar-refractivity contribution in [2.24, 2.45) is 5.92 Å². The second kappa shape index (κ2) is 5.03. The lowest BCUT2D eigenvalue weighted by molar-refractivity contribution is -0.138. The summed E-state index contributed by atoms with van der Waals surface area (Å²) in [6, 6.07) is 0.927. The van der Waals surface area contributed by atoms with Crippen LogP contribution < -0.4 is 9.64 Å². The Morgan fingerprint density at radius 1 is 1.43 bits per heavy atom. The van der Waals surface area contributed by atoms with Gasteiger partial charge < -0.3 is 9.64 Å². The van der Waals surface area contributed by atoms with Gasteiger partial charge in [0.2, 0.25) is 0 Å². The second-order valence-electron chi connectivity index (χ2n) is 5.58. The van der Waals surface area contributed by atoms with E-state index in [0.717, 1.165) is 18.7 Å². The van der Waals surface area contributed by atoms with Crippen LogP contribution in [-0.2, 0) is 6.18 Å². The van der Waals surface area contributed by atoms with Gasteiger partial charge in [0, 0.05) is 6.20 Å². The molecule has 0 radical (unpaired) electrons. The molecule has 0 saturated carbocycles. The number of hydrogen-bond donors (Lipinski definition) is 0. The summed E-state index contributed by atoms with van der Waals surface area (Å²) in [5.74, 6) is 0.380. The van der Waals surface area contributed by atoms with Gasteiger partial charge in [0.25, 0.3) is 0 Å². The van der Waals surface area contributed by atoms with Gasteiger partial charge in [0.05, 0.1) is 18.2 Å². The molecule has 0 spiro atoms. The quantitative estimate of drug-likeness (QED) is 0.743. The van der Waals surface area contributed by atoms with Crippen LogP contribution in [0.1, 0.15) is 25.3 Å². The van der Waals surface area contributed by atoms with E-state index in [9.17, 15) is 17.6 Å². The Hall–Kier alpha value is -1.53. The van der Waals surface area contributed by atoms with Crippen LogP contribution in [0.5, 0.6) is 5.75 Å². The monoisotopic (exact) mass is 304 g/mol. The van der Waals surface area contributed by atoms with Crippen LogP contribution in [0.25, 0.3) is 0 Å². The number of aromatic nitrogens is 1. The first kappa shape index (κ1) is 14.4. The lowest BCUT2D eigenvalue weighted by atomic mass is 9.87. The topological polar surface area (TPSA) is 25.4 Å². The van der Waals surface area contributed by atoms with E-state index in [-0.39, 0.29) is 30.9 Å². The maximum Gasteiger partial charge on any atom is 0.418 e. The van der Waals surface area contributed by atoms with Gasteiger partial charge in [-0.25, -0.2) is 9.37 Å². The van der Waals surface area contributed by atoms with Crippen molar-refractivity contribution in [3.63, 3.8) is 0 Å². The summed E-state index contributed by atoms with van der Waals surface area (Å²) >= 11 is 0. The Labute approximate surface area is 119 Å². The normalized spacial score (nSPS) is 28.6. The summed E-state index contributed by atoms with van der Waals surface area (Å²) < 4.78 is 57.6. The molecule has 2 aliphatic rings. The Balaban J connectivity index is 1.90. The lowest BCUT2D eigenvalue weighted by Crippen LogP contribution is -2.53. The Bertz CT molecular complexity index is 534. The summed E-state index contributed by atoms with van der Waals surface area (Å²) in [6.07, 6.45) is -3.27. The van der Waals surface area contributed by atoms with Crippen LogP contribution in [0, 0.1) is 5.92 Å². The molecule has 0 amide bonds.